The minimum Gasteiger partial charge on any atom is -0.377 e. The van der Waals surface area contributed by atoms with Gasteiger partial charge in [0.15, 0.2) is 0 Å². The largest absolute Gasteiger partial charge is 0.377 e. The van der Waals surface area contributed by atoms with Gasteiger partial charge in [-0.1, -0.05) is 44.2 Å². The van der Waals surface area contributed by atoms with Crippen LogP contribution in [-0.4, -0.2) is 43.2 Å². The zero-order valence-corrected chi connectivity index (χ0v) is 15.3. The molecule has 1 saturated heterocycles. The first kappa shape index (κ1) is 17.4. The number of carbonyl (C=O) groups excluding carboxylic acids is 1. The van der Waals surface area contributed by atoms with Crippen molar-refractivity contribution in [3.05, 3.63) is 35.9 Å². The van der Waals surface area contributed by atoms with Crippen molar-refractivity contribution in [1.29, 1.82) is 0 Å². The lowest BCUT2D eigenvalue weighted by atomic mass is 9.57. The van der Waals surface area contributed by atoms with Crippen LogP contribution >= 0.6 is 0 Å². The zero-order valence-electron chi connectivity index (χ0n) is 15.3. The zero-order chi connectivity index (χ0) is 17.3. The van der Waals surface area contributed by atoms with Crippen molar-refractivity contribution in [2.24, 2.45) is 11.3 Å². The van der Waals surface area contributed by atoms with E-state index in [0.717, 1.165) is 25.1 Å². The molecule has 4 nitrogen and oxygen atoms in total. The highest BCUT2D eigenvalue weighted by Crippen LogP contribution is 2.54. The van der Waals surface area contributed by atoms with Gasteiger partial charge in [-0.2, -0.15) is 0 Å². The van der Waals surface area contributed by atoms with Gasteiger partial charge in [0.25, 0.3) is 0 Å². The molecule has 2 aliphatic rings. The van der Waals surface area contributed by atoms with Crippen LogP contribution in [0.25, 0.3) is 0 Å². The van der Waals surface area contributed by atoms with Crippen LogP contribution in [0.3, 0.4) is 0 Å². The van der Waals surface area contributed by atoms with E-state index >= 15 is 0 Å². The third-order valence-electron chi connectivity index (χ3n) is 5.88. The predicted molar refractivity (Wildman–Crippen MR) is 95.7 cm³/mol. The van der Waals surface area contributed by atoms with Crippen LogP contribution < -0.4 is 5.32 Å². The highest BCUT2D eigenvalue weighted by atomic mass is 16.5. The molecule has 1 aliphatic heterocycles. The summed E-state index contributed by atoms with van der Waals surface area (Å²) in [7, 11) is 2.15. The van der Waals surface area contributed by atoms with Crippen LogP contribution in [0.2, 0.25) is 0 Å². The molecule has 24 heavy (non-hydrogen) atoms. The maximum atomic E-state index is 12.3. The molecule has 1 aliphatic carbocycles. The number of nitrogens with one attached hydrogen (secondary N) is 1. The van der Waals surface area contributed by atoms with E-state index in [1.807, 2.05) is 37.3 Å². The van der Waals surface area contributed by atoms with Crippen LogP contribution in [0.1, 0.15) is 45.2 Å². The van der Waals surface area contributed by atoms with E-state index in [1.54, 1.807) is 0 Å². The van der Waals surface area contributed by atoms with Gasteiger partial charge in [-0.25, -0.2) is 0 Å². The van der Waals surface area contributed by atoms with Gasteiger partial charge in [0.05, 0.1) is 12.1 Å². The number of rotatable bonds is 6. The van der Waals surface area contributed by atoms with Crippen LogP contribution in [-0.2, 0) is 9.53 Å². The number of hydrogen-bond acceptors (Lipinski definition) is 3. The van der Waals surface area contributed by atoms with E-state index in [9.17, 15) is 4.79 Å². The first-order valence-electron chi connectivity index (χ1n) is 9.07. The standard InChI is InChI=1S/C20H30N2O2/c1-14(15-8-6-5-7-9-15)21-17(23)10-12-22(4)18-16-11-13-24-19(16)20(18,2)3/h5-9,14,16,18-19H,10-13H2,1-4H3,(H,21,23)/t14-,16+,18+,19+/m0/s1. The van der Waals surface area contributed by atoms with E-state index in [-0.39, 0.29) is 17.4 Å². The molecule has 1 aromatic carbocycles. The van der Waals surface area contributed by atoms with Crippen molar-refractivity contribution in [2.45, 2.75) is 51.8 Å². The Morgan fingerprint density at radius 1 is 1.38 bits per heavy atom. The first-order valence-corrected chi connectivity index (χ1v) is 9.07. The Morgan fingerprint density at radius 3 is 2.79 bits per heavy atom. The molecule has 0 unspecified atom stereocenters. The van der Waals surface area contributed by atoms with Gasteiger partial charge in [0, 0.05) is 36.9 Å². The molecular formula is C20H30N2O2. The molecule has 0 bridgehead atoms. The summed E-state index contributed by atoms with van der Waals surface area (Å²) in [6.07, 6.45) is 2.09. The van der Waals surface area contributed by atoms with Crippen molar-refractivity contribution in [3.63, 3.8) is 0 Å². The number of nitrogens with zero attached hydrogens (tertiary/aromatic N) is 1. The molecule has 1 saturated carbocycles. The van der Waals surface area contributed by atoms with Crippen molar-refractivity contribution in [3.8, 4) is 0 Å². The molecular weight excluding hydrogens is 300 g/mol. The fourth-order valence-corrected chi connectivity index (χ4v) is 4.75. The molecule has 0 radical (unpaired) electrons. The van der Waals surface area contributed by atoms with Gasteiger partial charge >= 0.3 is 0 Å². The quantitative estimate of drug-likeness (QED) is 0.872. The fraction of sp³-hybridized carbons (Fsp3) is 0.650. The molecule has 1 N–H and O–H groups in total. The van der Waals surface area contributed by atoms with Crippen molar-refractivity contribution in [1.82, 2.24) is 10.2 Å². The molecule has 1 heterocycles. The average molecular weight is 330 g/mol. The molecule has 0 aromatic heterocycles. The van der Waals surface area contributed by atoms with Crippen LogP contribution in [0.5, 0.6) is 0 Å². The molecule has 1 aromatic rings. The number of hydrogen-bond donors (Lipinski definition) is 1. The Hall–Kier alpha value is -1.39. The summed E-state index contributed by atoms with van der Waals surface area (Å²) in [6.45, 7) is 8.30. The second-order valence-electron chi connectivity index (χ2n) is 7.94. The third kappa shape index (κ3) is 3.22. The smallest absolute Gasteiger partial charge is 0.221 e. The lowest BCUT2D eigenvalue weighted by molar-refractivity contribution is -0.150. The lowest BCUT2D eigenvalue weighted by Crippen LogP contribution is -2.66. The molecule has 132 valence electrons. The van der Waals surface area contributed by atoms with Crippen molar-refractivity contribution in [2.75, 3.05) is 20.2 Å². The Bertz CT molecular complexity index is 572. The van der Waals surface area contributed by atoms with Crippen LogP contribution in [0, 0.1) is 11.3 Å². The van der Waals surface area contributed by atoms with Gasteiger partial charge in [-0.15, -0.1) is 0 Å². The van der Waals surface area contributed by atoms with Crippen LogP contribution in [0.15, 0.2) is 30.3 Å². The summed E-state index contributed by atoms with van der Waals surface area (Å²) in [4.78, 5) is 14.7. The second kappa shape index (κ2) is 6.85. The maximum absolute atomic E-state index is 12.3. The summed E-state index contributed by atoms with van der Waals surface area (Å²) < 4.78 is 5.87. The SMILES string of the molecule is C[C@H](NC(=O)CCN(C)[C@@H]1[C@H]2CCO[C@H]2C1(C)C)c1ccccc1. The van der Waals surface area contributed by atoms with Gasteiger partial charge in [-0.05, 0) is 26.0 Å². The molecule has 2 fully saturated rings. The van der Waals surface area contributed by atoms with E-state index in [0.29, 0.717) is 24.5 Å². The predicted octanol–water partition coefficient (Wildman–Crippen LogP) is 3.00. The number of fused-ring (bicyclic) bond motifs is 1. The highest BCUT2D eigenvalue weighted by molar-refractivity contribution is 5.76. The van der Waals surface area contributed by atoms with E-state index in [4.69, 9.17) is 4.74 Å². The monoisotopic (exact) mass is 330 g/mol. The molecule has 4 heteroatoms. The van der Waals surface area contributed by atoms with E-state index in [1.165, 1.54) is 0 Å². The molecule has 1 amide bonds. The third-order valence-corrected chi connectivity index (χ3v) is 5.88. The normalized spacial score (nSPS) is 29.0. The molecule has 4 atom stereocenters. The second-order valence-corrected chi connectivity index (χ2v) is 7.94. The fourth-order valence-electron chi connectivity index (χ4n) is 4.75. The first-order chi connectivity index (χ1) is 11.4. The van der Waals surface area contributed by atoms with E-state index in [2.05, 4.69) is 31.1 Å². The summed E-state index contributed by atoms with van der Waals surface area (Å²) in [5.41, 5.74) is 1.33. The van der Waals surface area contributed by atoms with Crippen molar-refractivity contribution >= 4 is 5.91 Å². The van der Waals surface area contributed by atoms with E-state index < -0.39 is 0 Å². The Kier molecular flexibility index (Phi) is 4.97. The summed E-state index contributed by atoms with van der Waals surface area (Å²) in [6, 6.07) is 10.7. The number of ether oxygens (including phenoxy) is 1. The average Bonchev–Trinajstić information content (AvgIpc) is 3.00. The Labute approximate surface area is 145 Å². The summed E-state index contributed by atoms with van der Waals surface area (Å²) in [5.74, 6) is 0.755. The van der Waals surface area contributed by atoms with Gasteiger partial charge in [0.1, 0.15) is 0 Å². The van der Waals surface area contributed by atoms with Crippen LogP contribution in [0.4, 0.5) is 0 Å². The Morgan fingerprint density at radius 2 is 2.08 bits per heavy atom. The minimum atomic E-state index is 0.0526. The highest BCUT2D eigenvalue weighted by Gasteiger charge is 2.60. The summed E-state index contributed by atoms with van der Waals surface area (Å²) in [5, 5.41) is 3.10. The maximum Gasteiger partial charge on any atom is 0.221 e. The minimum absolute atomic E-state index is 0.0526. The Balaban J connectivity index is 1.48. The van der Waals surface area contributed by atoms with Gasteiger partial charge in [0.2, 0.25) is 5.91 Å². The molecule has 0 spiro atoms. The molecule has 3 rings (SSSR count). The summed E-state index contributed by atoms with van der Waals surface area (Å²) >= 11 is 0. The number of carbonyl (C=O) groups is 1. The topological polar surface area (TPSA) is 41.6 Å². The lowest BCUT2D eigenvalue weighted by Gasteiger charge is -2.58. The number of benzene rings is 1. The van der Waals surface area contributed by atoms with Crippen molar-refractivity contribution < 1.29 is 9.53 Å². The van der Waals surface area contributed by atoms with Gasteiger partial charge < -0.3 is 15.0 Å². The van der Waals surface area contributed by atoms with Gasteiger partial charge in [-0.3, -0.25) is 4.79 Å². The number of amides is 1.